The van der Waals surface area contributed by atoms with Crippen molar-refractivity contribution >= 4 is 11.3 Å². The summed E-state index contributed by atoms with van der Waals surface area (Å²) < 4.78 is 0. The van der Waals surface area contributed by atoms with Gasteiger partial charge in [0.1, 0.15) is 5.01 Å². The molecule has 3 heteroatoms. The number of hydrogen-bond acceptors (Lipinski definition) is 3. The van der Waals surface area contributed by atoms with Gasteiger partial charge in [-0.1, -0.05) is 20.8 Å². The summed E-state index contributed by atoms with van der Waals surface area (Å²) >= 11 is 1.84. The van der Waals surface area contributed by atoms with Crippen LogP contribution in [0.15, 0.2) is 0 Å². The molecule has 1 rings (SSSR count). The Balaban J connectivity index is 3.02. The molecule has 92 valence electrons. The maximum Gasteiger partial charge on any atom is 0.113 e. The summed E-state index contributed by atoms with van der Waals surface area (Å²) in [6.07, 6.45) is 2.16. The first-order valence-corrected chi connectivity index (χ1v) is 6.90. The molecule has 0 saturated carbocycles. The molecule has 1 atom stereocenters. The zero-order valence-corrected chi connectivity index (χ0v) is 12.2. The van der Waals surface area contributed by atoms with Gasteiger partial charge in [0, 0.05) is 4.88 Å². The van der Waals surface area contributed by atoms with E-state index in [1.165, 1.54) is 15.6 Å². The van der Waals surface area contributed by atoms with E-state index in [1.54, 1.807) is 0 Å². The fraction of sp³-hybridized carbons (Fsp3) is 0.769. The Kier molecular flexibility index (Phi) is 4.51. The first kappa shape index (κ1) is 13.7. The standard InChI is InChI=1S/C13H24N2S/c1-7-11-10(4)16-12(15-11)13(5,14-6)8-9(2)3/h9,14H,7-8H2,1-6H3. The van der Waals surface area contributed by atoms with Crippen LogP contribution in [0, 0.1) is 12.8 Å². The molecule has 0 aliphatic heterocycles. The Bertz CT molecular complexity index is 344. The molecule has 1 heterocycles. The third-order valence-electron chi connectivity index (χ3n) is 3.07. The van der Waals surface area contributed by atoms with Crippen molar-refractivity contribution in [1.29, 1.82) is 0 Å². The lowest BCUT2D eigenvalue weighted by molar-refractivity contribution is 0.318. The Labute approximate surface area is 103 Å². The average Bonchev–Trinajstić information content (AvgIpc) is 2.59. The molecule has 0 spiro atoms. The SMILES string of the molecule is CCc1nc(C(C)(CC(C)C)NC)sc1C. The van der Waals surface area contributed by atoms with Crippen molar-refractivity contribution in [2.45, 2.75) is 53.0 Å². The lowest BCUT2D eigenvalue weighted by Gasteiger charge is -2.28. The molecule has 1 unspecified atom stereocenters. The Morgan fingerprint density at radius 1 is 1.44 bits per heavy atom. The van der Waals surface area contributed by atoms with Gasteiger partial charge < -0.3 is 5.32 Å². The van der Waals surface area contributed by atoms with E-state index in [-0.39, 0.29) is 5.54 Å². The number of nitrogens with zero attached hydrogens (tertiary/aromatic N) is 1. The van der Waals surface area contributed by atoms with Crippen molar-refractivity contribution in [1.82, 2.24) is 10.3 Å². The van der Waals surface area contributed by atoms with E-state index in [0.29, 0.717) is 5.92 Å². The maximum absolute atomic E-state index is 4.78. The van der Waals surface area contributed by atoms with E-state index in [1.807, 2.05) is 18.4 Å². The lowest BCUT2D eigenvalue weighted by atomic mass is 9.91. The molecule has 0 aromatic carbocycles. The summed E-state index contributed by atoms with van der Waals surface area (Å²) in [7, 11) is 2.03. The molecule has 0 radical (unpaired) electrons. The molecular formula is C13H24N2S. The van der Waals surface area contributed by atoms with Crippen molar-refractivity contribution < 1.29 is 0 Å². The van der Waals surface area contributed by atoms with Crippen molar-refractivity contribution in [3.8, 4) is 0 Å². The number of thiazole rings is 1. The predicted molar refractivity (Wildman–Crippen MR) is 72.1 cm³/mol. The van der Waals surface area contributed by atoms with E-state index in [4.69, 9.17) is 4.98 Å². The van der Waals surface area contributed by atoms with Gasteiger partial charge in [0.05, 0.1) is 11.2 Å². The van der Waals surface area contributed by atoms with Gasteiger partial charge in [-0.3, -0.25) is 0 Å². The molecule has 1 aromatic rings. The van der Waals surface area contributed by atoms with Gasteiger partial charge in [-0.15, -0.1) is 11.3 Å². The van der Waals surface area contributed by atoms with Crippen LogP contribution in [-0.4, -0.2) is 12.0 Å². The van der Waals surface area contributed by atoms with Gasteiger partial charge >= 0.3 is 0 Å². The summed E-state index contributed by atoms with van der Waals surface area (Å²) in [6.45, 7) is 11.1. The van der Waals surface area contributed by atoms with Crippen LogP contribution in [-0.2, 0) is 12.0 Å². The Hall–Kier alpha value is -0.410. The minimum absolute atomic E-state index is 0.0248. The molecule has 0 amide bonds. The summed E-state index contributed by atoms with van der Waals surface area (Å²) in [6, 6.07) is 0. The van der Waals surface area contributed by atoms with Gasteiger partial charge in [0.2, 0.25) is 0 Å². The summed E-state index contributed by atoms with van der Waals surface area (Å²) in [5.74, 6) is 0.673. The fourth-order valence-electron chi connectivity index (χ4n) is 2.10. The number of nitrogens with one attached hydrogen (secondary N) is 1. The number of rotatable bonds is 5. The van der Waals surface area contributed by atoms with Crippen LogP contribution in [0.5, 0.6) is 0 Å². The molecule has 2 nitrogen and oxygen atoms in total. The Morgan fingerprint density at radius 3 is 2.44 bits per heavy atom. The average molecular weight is 240 g/mol. The van der Waals surface area contributed by atoms with Crippen molar-refractivity contribution in [3.63, 3.8) is 0 Å². The summed E-state index contributed by atoms with van der Waals surface area (Å²) in [4.78, 5) is 6.14. The topological polar surface area (TPSA) is 24.9 Å². The molecule has 0 bridgehead atoms. The lowest BCUT2D eigenvalue weighted by Crippen LogP contribution is -2.38. The smallest absolute Gasteiger partial charge is 0.113 e. The van der Waals surface area contributed by atoms with Crippen molar-refractivity contribution in [2.75, 3.05) is 7.05 Å². The van der Waals surface area contributed by atoms with Crippen LogP contribution in [0.4, 0.5) is 0 Å². The van der Waals surface area contributed by atoms with Gasteiger partial charge in [0.15, 0.2) is 0 Å². The number of hydrogen-bond donors (Lipinski definition) is 1. The number of aromatic nitrogens is 1. The normalized spacial score (nSPS) is 15.4. The van der Waals surface area contributed by atoms with Gasteiger partial charge in [0.25, 0.3) is 0 Å². The second kappa shape index (κ2) is 5.28. The number of aryl methyl sites for hydroxylation is 2. The van der Waals surface area contributed by atoms with E-state index in [2.05, 4.69) is 39.9 Å². The first-order valence-electron chi connectivity index (χ1n) is 6.08. The minimum Gasteiger partial charge on any atom is -0.309 e. The third kappa shape index (κ3) is 2.83. The van der Waals surface area contributed by atoms with Crippen molar-refractivity contribution in [2.24, 2.45) is 5.92 Å². The highest BCUT2D eigenvalue weighted by molar-refractivity contribution is 7.11. The first-order chi connectivity index (χ1) is 7.42. The zero-order chi connectivity index (χ0) is 12.3. The fourth-order valence-corrected chi connectivity index (χ4v) is 3.27. The van der Waals surface area contributed by atoms with E-state index < -0.39 is 0 Å². The molecule has 16 heavy (non-hydrogen) atoms. The highest BCUT2D eigenvalue weighted by Gasteiger charge is 2.29. The van der Waals surface area contributed by atoms with Crippen molar-refractivity contribution in [3.05, 3.63) is 15.6 Å². The maximum atomic E-state index is 4.78. The van der Waals surface area contributed by atoms with Crippen LogP contribution in [0.2, 0.25) is 0 Å². The van der Waals surface area contributed by atoms with Gasteiger partial charge in [-0.25, -0.2) is 4.98 Å². The van der Waals surface area contributed by atoms with Crippen LogP contribution in [0.3, 0.4) is 0 Å². The second-order valence-corrected chi connectivity index (χ2v) is 6.26. The largest absolute Gasteiger partial charge is 0.309 e. The van der Waals surface area contributed by atoms with Gasteiger partial charge in [-0.05, 0) is 39.7 Å². The van der Waals surface area contributed by atoms with E-state index in [9.17, 15) is 0 Å². The molecule has 1 N–H and O–H groups in total. The molecule has 0 saturated heterocycles. The van der Waals surface area contributed by atoms with Gasteiger partial charge in [-0.2, -0.15) is 0 Å². The minimum atomic E-state index is 0.0248. The van der Waals surface area contributed by atoms with E-state index in [0.717, 1.165) is 12.8 Å². The van der Waals surface area contributed by atoms with Crippen LogP contribution < -0.4 is 5.32 Å². The predicted octanol–water partition coefficient (Wildman–Crippen LogP) is 3.49. The third-order valence-corrected chi connectivity index (χ3v) is 4.34. The van der Waals surface area contributed by atoms with Crippen LogP contribution in [0.1, 0.15) is 49.7 Å². The zero-order valence-electron chi connectivity index (χ0n) is 11.3. The monoisotopic (exact) mass is 240 g/mol. The highest BCUT2D eigenvalue weighted by atomic mass is 32.1. The molecule has 0 aliphatic carbocycles. The highest BCUT2D eigenvalue weighted by Crippen LogP contribution is 2.32. The Morgan fingerprint density at radius 2 is 2.06 bits per heavy atom. The van der Waals surface area contributed by atoms with Crippen LogP contribution in [0.25, 0.3) is 0 Å². The molecule has 1 aromatic heterocycles. The quantitative estimate of drug-likeness (QED) is 0.852. The molecule has 0 fully saturated rings. The molecular weight excluding hydrogens is 216 g/mol. The second-order valence-electron chi connectivity index (χ2n) is 5.06. The summed E-state index contributed by atoms with van der Waals surface area (Å²) in [5.41, 5.74) is 1.28. The van der Waals surface area contributed by atoms with Crippen LogP contribution >= 0.6 is 11.3 Å². The van der Waals surface area contributed by atoms with E-state index >= 15 is 0 Å². The summed E-state index contributed by atoms with van der Waals surface area (Å²) in [5, 5.41) is 4.67. The molecule has 0 aliphatic rings.